The van der Waals surface area contributed by atoms with Crippen LogP contribution in [0.2, 0.25) is 0 Å². The van der Waals surface area contributed by atoms with Gasteiger partial charge in [0, 0.05) is 0 Å². The van der Waals surface area contributed by atoms with Crippen LogP contribution in [0.1, 0.15) is 88.7 Å². The van der Waals surface area contributed by atoms with E-state index in [2.05, 4.69) is 12.2 Å². The SMILES string of the molecule is CCCCCCCCCCCCCN[C@@H](Cc1ccccc1)C(=O)[O-].Cc1ccc(S(=O)(=O)[O-])cc1.[NH4+].[NH4+]. The molecule has 38 heavy (non-hydrogen) atoms. The number of hydrogen-bond acceptors (Lipinski definition) is 6. The molecule has 0 heterocycles. The highest BCUT2D eigenvalue weighted by Crippen LogP contribution is 2.11. The van der Waals surface area contributed by atoms with Crippen LogP contribution >= 0.6 is 0 Å². The number of aliphatic carboxylic acids is 1. The second-order valence-electron chi connectivity index (χ2n) is 9.32. The van der Waals surface area contributed by atoms with Crippen molar-refractivity contribution in [3.63, 3.8) is 0 Å². The van der Waals surface area contributed by atoms with Gasteiger partial charge in [-0.25, -0.2) is 8.42 Å². The Balaban J connectivity index is 0. The van der Waals surface area contributed by atoms with Crippen molar-refractivity contribution in [3.8, 4) is 0 Å². The number of hydrogen-bond donors (Lipinski definition) is 3. The van der Waals surface area contributed by atoms with Gasteiger partial charge in [0.15, 0.2) is 0 Å². The third-order valence-electron chi connectivity index (χ3n) is 6.05. The van der Waals surface area contributed by atoms with Gasteiger partial charge in [0.2, 0.25) is 0 Å². The first-order valence-corrected chi connectivity index (χ1v) is 14.7. The van der Waals surface area contributed by atoms with E-state index in [0.717, 1.165) is 24.1 Å². The third kappa shape index (κ3) is 18.9. The maximum atomic E-state index is 11.3. The topological polar surface area (TPSA) is 182 Å². The summed E-state index contributed by atoms with van der Waals surface area (Å²) in [6.07, 6.45) is 14.8. The summed E-state index contributed by atoms with van der Waals surface area (Å²) < 4.78 is 31.2. The Hall–Kier alpha value is -2.30. The zero-order valence-electron chi connectivity index (χ0n) is 23.9. The fourth-order valence-corrected chi connectivity index (χ4v) is 4.33. The second-order valence-corrected chi connectivity index (χ2v) is 10.7. The van der Waals surface area contributed by atoms with Crippen molar-refractivity contribution < 1.29 is 22.9 Å². The molecule has 0 aromatic heterocycles. The summed E-state index contributed by atoms with van der Waals surface area (Å²) in [7, 11) is -4.27. The van der Waals surface area contributed by atoms with Gasteiger partial charge in [-0.1, -0.05) is 119 Å². The molecule has 9 heteroatoms. The van der Waals surface area contributed by atoms with Gasteiger partial charge >= 0.3 is 0 Å². The largest absolute Gasteiger partial charge is 0.744 e. The molecule has 0 saturated heterocycles. The zero-order chi connectivity index (χ0) is 26.7. The summed E-state index contributed by atoms with van der Waals surface area (Å²) in [5.41, 5.74) is 1.96. The molecule has 2 aromatic carbocycles. The van der Waals surface area contributed by atoms with Crippen molar-refractivity contribution >= 4 is 16.1 Å². The van der Waals surface area contributed by atoms with Crippen LogP contribution in [-0.4, -0.2) is 31.5 Å². The Bertz CT molecular complexity index is 938. The van der Waals surface area contributed by atoms with Crippen LogP contribution in [0.5, 0.6) is 0 Å². The van der Waals surface area contributed by atoms with Gasteiger partial charge in [0.1, 0.15) is 10.1 Å². The number of carboxylic acid groups (broad SMARTS) is 1. The van der Waals surface area contributed by atoms with E-state index in [0.29, 0.717) is 6.42 Å². The molecule has 0 aliphatic carbocycles. The lowest BCUT2D eigenvalue weighted by Crippen LogP contribution is -2.47. The van der Waals surface area contributed by atoms with Gasteiger partial charge in [-0.15, -0.1) is 0 Å². The molecule has 0 unspecified atom stereocenters. The molecule has 9 N–H and O–H groups in total. The monoisotopic (exact) mass is 553 g/mol. The van der Waals surface area contributed by atoms with Crippen LogP contribution in [0.25, 0.3) is 0 Å². The zero-order valence-corrected chi connectivity index (χ0v) is 24.7. The lowest BCUT2D eigenvalue weighted by Gasteiger charge is -2.19. The van der Waals surface area contributed by atoms with Crippen molar-refractivity contribution in [1.82, 2.24) is 17.6 Å². The van der Waals surface area contributed by atoms with E-state index in [-0.39, 0.29) is 17.2 Å². The first kappa shape index (κ1) is 37.9. The molecule has 0 aliphatic rings. The Morgan fingerprint density at radius 1 is 0.789 bits per heavy atom. The highest BCUT2D eigenvalue weighted by atomic mass is 32.2. The molecule has 1 atom stereocenters. The summed E-state index contributed by atoms with van der Waals surface area (Å²) >= 11 is 0. The molecule has 0 saturated carbocycles. The van der Waals surface area contributed by atoms with Gasteiger partial charge in [0.25, 0.3) is 0 Å². The van der Waals surface area contributed by atoms with Crippen LogP contribution in [0.4, 0.5) is 0 Å². The summed E-state index contributed by atoms with van der Waals surface area (Å²) in [5.74, 6) is -1.01. The van der Waals surface area contributed by atoms with E-state index in [4.69, 9.17) is 0 Å². The van der Waals surface area contributed by atoms with Crippen molar-refractivity contribution in [3.05, 3.63) is 65.7 Å². The quantitative estimate of drug-likeness (QED) is 0.162. The minimum atomic E-state index is -4.27. The van der Waals surface area contributed by atoms with Crippen LogP contribution in [0.15, 0.2) is 59.5 Å². The van der Waals surface area contributed by atoms with Crippen molar-refractivity contribution in [2.75, 3.05) is 6.54 Å². The molecule has 0 fully saturated rings. The van der Waals surface area contributed by atoms with Crippen molar-refractivity contribution in [2.45, 2.75) is 102 Å². The smallest absolute Gasteiger partial charge is 0.124 e. The van der Waals surface area contributed by atoms with Gasteiger partial charge in [-0.3, -0.25) is 0 Å². The molecule has 8 nitrogen and oxygen atoms in total. The number of benzene rings is 2. The first-order valence-electron chi connectivity index (χ1n) is 13.2. The maximum Gasteiger partial charge on any atom is 0.124 e. The Labute approximate surface area is 230 Å². The maximum absolute atomic E-state index is 11.3. The predicted octanol–water partition coefficient (Wildman–Crippen LogP) is 5.90. The van der Waals surface area contributed by atoms with E-state index in [1.807, 2.05) is 37.3 Å². The van der Waals surface area contributed by atoms with Gasteiger partial charge in [-0.05, 0) is 44.0 Å². The summed E-state index contributed by atoms with van der Waals surface area (Å²) in [5, 5.41) is 14.4. The van der Waals surface area contributed by atoms with E-state index < -0.39 is 22.1 Å². The number of aryl methyl sites for hydroxylation is 1. The summed E-state index contributed by atoms with van der Waals surface area (Å²) in [6.45, 7) is 4.83. The normalized spacial score (nSPS) is 11.3. The summed E-state index contributed by atoms with van der Waals surface area (Å²) in [4.78, 5) is 11.1. The molecule has 0 amide bonds. The van der Waals surface area contributed by atoms with Gasteiger partial charge < -0.3 is 32.1 Å². The number of rotatable bonds is 17. The van der Waals surface area contributed by atoms with E-state index in [1.54, 1.807) is 12.1 Å². The number of unbranched alkanes of at least 4 members (excludes halogenated alkanes) is 10. The van der Waals surface area contributed by atoms with Crippen molar-refractivity contribution in [2.24, 2.45) is 0 Å². The fraction of sp³-hybridized carbons (Fsp3) is 0.552. The standard InChI is InChI=1S/C22H37NO2.C7H8O3S.2H3N/c1-2-3-4-5-6-7-8-9-10-11-15-18-23-21(22(24)25)19-20-16-13-12-14-17-20;1-6-2-4-7(5-3-6)11(8,9)10;;/h12-14,16-17,21,23H,2-11,15,18-19H2,1H3,(H,24,25);2-5H,1H3,(H,8,9,10);2*1H3/t21-;;;/m0.../s1. The van der Waals surface area contributed by atoms with Crippen LogP contribution in [-0.2, 0) is 21.3 Å². The van der Waals surface area contributed by atoms with E-state index in [1.165, 1.54) is 76.3 Å². The summed E-state index contributed by atoms with van der Waals surface area (Å²) in [6, 6.07) is 14.9. The Morgan fingerprint density at radius 3 is 1.71 bits per heavy atom. The molecule has 0 radical (unpaired) electrons. The fourth-order valence-electron chi connectivity index (χ4n) is 3.86. The minimum Gasteiger partial charge on any atom is -0.744 e. The number of nitrogens with one attached hydrogen (secondary N) is 1. The van der Waals surface area contributed by atoms with Crippen molar-refractivity contribution in [1.29, 1.82) is 0 Å². The third-order valence-corrected chi connectivity index (χ3v) is 6.90. The molecule has 2 aromatic rings. The van der Waals surface area contributed by atoms with E-state index >= 15 is 0 Å². The second kappa shape index (κ2) is 22.7. The molecule has 0 aliphatic heterocycles. The van der Waals surface area contributed by atoms with Gasteiger partial charge in [-0.2, -0.15) is 0 Å². The molecule has 2 rings (SSSR count). The average molecular weight is 554 g/mol. The van der Waals surface area contributed by atoms with Gasteiger partial charge in [0.05, 0.1) is 16.9 Å². The lowest BCUT2D eigenvalue weighted by molar-refractivity contribution is -0.308. The number of carbonyl (C=O) groups excluding carboxylic acids is 1. The first-order chi connectivity index (χ1) is 17.2. The number of quaternary nitrogens is 2. The molecule has 0 spiro atoms. The highest BCUT2D eigenvalue weighted by Gasteiger charge is 2.09. The van der Waals surface area contributed by atoms with E-state index in [9.17, 15) is 22.9 Å². The number of carbonyl (C=O) groups is 1. The molecular weight excluding hydrogens is 502 g/mol. The molecule has 0 bridgehead atoms. The predicted molar refractivity (Wildman–Crippen MR) is 155 cm³/mol. The Kier molecular flexibility index (Phi) is 22.6. The molecule has 218 valence electrons. The Morgan fingerprint density at radius 2 is 1.26 bits per heavy atom. The minimum absolute atomic E-state index is 0. The number of carboxylic acids is 1. The van der Waals surface area contributed by atoms with Crippen LogP contribution < -0.4 is 22.7 Å². The average Bonchev–Trinajstić information content (AvgIpc) is 2.84. The highest BCUT2D eigenvalue weighted by molar-refractivity contribution is 7.85. The van der Waals surface area contributed by atoms with Crippen LogP contribution in [0.3, 0.4) is 0 Å². The lowest BCUT2D eigenvalue weighted by atomic mass is 10.0. The van der Waals surface area contributed by atoms with Crippen LogP contribution in [0, 0.1) is 6.92 Å². The molecular formula is C29H51N3O5S.